The molecule has 0 amide bonds. The second kappa shape index (κ2) is 4.11. The Balaban J connectivity index is 0.000000980. The molecule has 0 fully saturated rings. The summed E-state index contributed by atoms with van der Waals surface area (Å²) in [5.74, 6) is 0. The van der Waals surface area contributed by atoms with Crippen LogP contribution in [-0.2, 0) is 7.05 Å². The molecule has 0 radical (unpaired) electrons. The van der Waals surface area contributed by atoms with Gasteiger partial charge in [-0.25, -0.2) is 4.68 Å². The van der Waals surface area contributed by atoms with Crippen molar-refractivity contribution in [2.45, 2.75) is 0 Å². The highest BCUT2D eigenvalue weighted by molar-refractivity contribution is 5.53. The van der Waals surface area contributed by atoms with Gasteiger partial charge in [0.2, 0.25) is 0 Å². The second-order valence-electron chi connectivity index (χ2n) is 2.74. The van der Waals surface area contributed by atoms with Crippen LogP contribution in [0.3, 0.4) is 0 Å². The molecule has 0 aliphatic carbocycles. The number of halogens is 1. The summed E-state index contributed by atoms with van der Waals surface area (Å²) in [4.78, 5) is 0. The topological polar surface area (TPSA) is 55.0 Å². The molecule has 1 aromatic heterocycles. The van der Waals surface area contributed by atoms with Gasteiger partial charge >= 0.3 is 0 Å². The summed E-state index contributed by atoms with van der Waals surface area (Å²) in [6.07, 6.45) is 0. The summed E-state index contributed by atoms with van der Waals surface area (Å²) >= 11 is 0. The lowest BCUT2D eigenvalue weighted by Crippen LogP contribution is -3.00. The minimum Gasteiger partial charge on any atom is -1.00 e. The molecule has 0 saturated carbocycles. The first-order chi connectivity index (χ1) is 6.29. The predicted molar refractivity (Wildman–Crippen MR) is 44.5 cm³/mol. The summed E-state index contributed by atoms with van der Waals surface area (Å²) in [6, 6.07) is 9.61. The van der Waals surface area contributed by atoms with E-state index >= 15 is 0 Å². The van der Waals surface area contributed by atoms with Gasteiger partial charge in [-0.1, -0.05) is 18.2 Å². The average Bonchev–Trinajstić information content (AvgIpc) is 2.48. The van der Waals surface area contributed by atoms with Crippen LogP contribution in [0.5, 0.6) is 0 Å². The Bertz CT molecular complexity index is 460. The van der Waals surface area contributed by atoms with Gasteiger partial charge < -0.3 is 16.9 Å². The fourth-order valence-corrected chi connectivity index (χ4v) is 1.25. The Morgan fingerprint density at radius 3 is 2.43 bits per heavy atom. The van der Waals surface area contributed by atoms with Crippen LogP contribution in [0.1, 0.15) is 0 Å². The molecule has 14 heavy (non-hydrogen) atoms. The van der Waals surface area contributed by atoms with E-state index in [0.717, 1.165) is 5.56 Å². The van der Waals surface area contributed by atoms with Crippen LogP contribution in [0.25, 0.3) is 11.3 Å². The van der Waals surface area contributed by atoms with Crippen molar-refractivity contribution in [1.29, 1.82) is 5.41 Å². The van der Waals surface area contributed by atoms with E-state index in [2.05, 4.69) is 5.27 Å². The minimum atomic E-state index is 0. The first kappa shape index (κ1) is 10.5. The first-order valence-corrected chi connectivity index (χ1v) is 3.92. The van der Waals surface area contributed by atoms with E-state index in [1.807, 2.05) is 30.3 Å². The molecule has 2 rings (SSSR count). The average molecular weight is 211 g/mol. The fourth-order valence-electron chi connectivity index (χ4n) is 1.25. The van der Waals surface area contributed by atoms with E-state index in [1.54, 1.807) is 11.7 Å². The molecule has 1 N–H and O–H groups in total. The number of rotatable bonds is 1. The molecule has 0 unspecified atom stereocenters. The molecule has 1 aromatic carbocycles. The molecule has 0 spiro atoms. The highest BCUT2D eigenvalue weighted by atomic mass is 35.5. The molecule has 0 atom stereocenters. The standard InChI is InChI=1S/C9H9N3O.ClH/c1-12-8(9(10)13-11-12)7-5-3-2-4-6-7;/h2-6,10H,1H3;1H/p-1. The van der Waals surface area contributed by atoms with Gasteiger partial charge in [-0.15, -0.1) is 0 Å². The number of aryl methyl sites for hydroxylation is 1. The van der Waals surface area contributed by atoms with Crippen molar-refractivity contribution in [2.24, 2.45) is 7.05 Å². The van der Waals surface area contributed by atoms with Gasteiger partial charge in [0.25, 0.3) is 11.2 Å². The molecular formula is C9H9ClN3O-. The highest BCUT2D eigenvalue weighted by Crippen LogP contribution is 2.08. The van der Waals surface area contributed by atoms with Gasteiger partial charge in [0.1, 0.15) is 7.05 Å². The van der Waals surface area contributed by atoms with E-state index in [1.165, 1.54) is 0 Å². The molecule has 0 aliphatic heterocycles. The molecule has 2 aromatic rings. The molecule has 0 saturated heterocycles. The molecule has 4 nitrogen and oxygen atoms in total. The van der Waals surface area contributed by atoms with Gasteiger partial charge in [0, 0.05) is 0 Å². The van der Waals surface area contributed by atoms with Gasteiger partial charge in [-0.2, -0.15) is 0 Å². The Morgan fingerprint density at radius 2 is 1.93 bits per heavy atom. The third-order valence-corrected chi connectivity index (χ3v) is 1.84. The van der Waals surface area contributed by atoms with Crippen molar-refractivity contribution < 1.29 is 21.6 Å². The normalized spacial score (nSPS) is 9.50. The van der Waals surface area contributed by atoms with Crippen molar-refractivity contribution in [1.82, 2.24) is 5.27 Å². The minimum absolute atomic E-state index is 0. The van der Waals surface area contributed by atoms with Gasteiger partial charge in [0.15, 0.2) is 0 Å². The second-order valence-corrected chi connectivity index (χ2v) is 2.74. The lowest BCUT2D eigenvalue weighted by molar-refractivity contribution is -0.735. The molecule has 0 bridgehead atoms. The monoisotopic (exact) mass is 210 g/mol. The van der Waals surface area contributed by atoms with Crippen LogP contribution in [0, 0.1) is 5.41 Å². The highest BCUT2D eigenvalue weighted by Gasteiger charge is 2.10. The SMILES string of the molecule is C[n+]1[n-]oc(=N)c1-c1ccccc1.[Cl-]. The van der Waals surface area contributed by atoms with E-state index in [9.17, 15) is 0 Å². The van der Waals surface area contributed by atoms with Crippen LogP contribution in [0.2, 0.25) is 0 Å². The van der Waals surface area contributed by atoms with E-state index in [0.29, 0.717) is 5.69 Å². The molecular weight excluding hydrogens is 202 g/mol. The van der Waals surface area contributed by atoms with Crippen LogP contribution in [-0.4, -0.2) is 0 Å². The van der Waals surface area contributed by atoms with Crippen LogP contribution >= 0.6 is 0 Å². The smallest absolute Gasteiger partial charge is 0.273 e. The van der Waals surface area contributed by atoms with Crippen molar-refractivity contribution in [3.63, 3.8) is 0 Å². The number of benzene rings is 1. The summed E-state index contributed by atoms with van der Waals surface area (Å²) < 4.78 is 6.28. The fraction of sp³-hybridized carbons (Fsp3) is 0.111. The molecule has 0 aliphatic rings. The Labute approximate surface area is 87.1 Å². The molecule has 74 valence electrons. The van der Waals surface area contributed by atoms with Gasteiger partial charge in [-0.05, 0) is 12.1 Å². The molecule has 1 heterocycles. The molecule has 5 heteroatoms. The maximum atomic E-state index is 7.48. The zero-order valence-electron chi connectivity index (χ0n) is 7.57. The summed E-state index contributed by atoms with van der Waals surface area (Å²) in [5, 5.41) is 11.1. The summed E-state index contributed by atoms with van der Waals surface area (Å²) in [6.45, 7) is 0. The Hall–Kier alpha value is -1.55. The van der Waals surface area contributed by atoms with E-state index in [4.69, 9.17) is 9.93 Å². The van der Waals surface area contributed by atoms with E-state index in [-0.39, 0.29) is 18.0 Å². The van der Waals surface area contributed by atoms with Crippen molar-refractivity contribution in [2.75, 3.05) is 0 Å². The summed E-state index contributed by atoms with van der Waals surface area (Å²) in [7, 11) is 1.75. The number of hydrogen-bond acceptors (Lipinski definition) is 2. The third kappa shape index (κ3) is 1.70. The Morgan fingerprint density at radius 1 is 1.29 bits per heavy atom. The quantitative estimate of drug-likeness (QED) is 0.518. The van der Waals surface area contributed by atoms with Crippen molar-refractivity contribution >= 4 is 0 Å². The lowest BCUT2D eigenvalue weighted by atomic mass is 10.2. The van der Waals surface area contributed by atoms with Crippen molar-refractivity contribution in [3.8, 4) is 11.3 Å². The van der Waals surface area contributed by atoms with Crippen LogP contribution in [0.15, 0.2) is 34.9 Å². The first-order valence-electron chi connectivity index (χ1n) is 3.92. The van der Waals surface area contributed by atoms with Gasteiger partial charge in [-0.3, -0.25) is 10.7 Å². The maximum Gasteiger partial charge on any atom is 0.273 e. The lowest BCUT2D eigenvalue weighted by Gasteiger charge is -1.93. The largest absolute Gasteiger partial charge is 1.00 e. The number of nitrogens with zero attached hydrogens (tertiary/aromatic N) is 2. The third-order valence-electron chi connectivity index (χ3n) is 1.84. The van der Waals surface area contributed by atoms with Crippen molar-refractivity contribution in [3.05, 3.63) is 35.9 Å². The van der Waals surface area contributed by atoms with Crippen LogP contribution in [0.4, 0.5) is 0 Å². The maximum absolute atomic E-state index is 7.48. The van der Waals surface area contributed by atoms with Crippen LogP contribution < -0.4 is 27.9 Å². The number of aromatic nitrogens is 2. The predicted octanol–water partition coefficient (Wildman–Crippen LogP) is -2.79. The zero-order chi connectivity index (χ0) is 9.26. The van der Waals surface area contributed by atoms with Gasteiger partial charge in [0.05, 0.1) is 5.56 Å². The Kier molecular flexibility index (Phi) is 3.09. The summed E-state index contributed by atoms with van der Waals surface area (Å²) in [5.41, 5.74) is 1.73. The van der Waals surface area contributed by atoms with E-state index < -0.39 is 0 Å². The number of hydrogen-bond donors (Lipinski definition) is 1. The zero-order valence-corrected chi connectivity index (χ0v) is 8.32. The number of nitrogens with one attached hydrogen (secondary N) is 1.